The lowest BCUT2D eigenvalue weighted by Gasteiger charge is -2.30. The Labute approximate surface area is 205 Å². The molecule has 3 N–H and O–H groups in total. The molecule has 0 bridgehead atoms. The van der Waals surface area contributed by atoms with Crippen molar-refractivity contribution in [1.29, 1.82) is 0 Å². The number of amides is 2. The number of H-pyrrole nitrogens is 1. The molecule has 0 atom stereocenters. The fraction of sp³-hybridized carbons (Fsp3) is 0.708. The Hall–Kier alpha value is -3.11. The smallest absolute Gasteiger partial charge is 0.330 e. The van der Waals surface area contributed by atoms with Gasteiger partial charge >= 0.3 is 11.7 Å². The van der Waals surface area contributed by atoms with E-state index >= 15 is 0 Å². The van der Waals surface area contributed by atoms with Gasteiger partial charge < -0.3 is 20.3 Å². The summed E-state index contributed by atoms with van der Waals surface area (Å²) in [6.07, 6.45) is 1.36. The molecule has 0 spiro atoms. The highest BCUT2D eigenvalue weighted by Crippen LogP contribution is 2.21. The van der Waals surface area contributed by atoms with Crippen molar-refractivity contribution in [3.8, 4) is 0 Å². The van der Waals surface area contributed by atoms with E-state index in [4.69, 9.17) is 10.5 Å². The van der Waals surface area contributed by atoms with Crippen molar-refractivity contribution in [3.05, 3.63) is 20.8 Å². The molecule has 0 radical (unpaired) electrons. The molecule has 2 amide bonds. The first kappa shape index (κ1) is 28.1. The molecule has 11 heteroatoms. The lowest BCUT2D eigenvalue weighted by molar-refractivity contribution is -0.153. The van der Waals surface area contributed by atoms with Crippen molar-refractivity contribution < 1.29 is 19.1 Å². The number of carbonyl (C=O) groups excluding carboxylic acids is 3. The zero-order valence-corrected chi connectivity index (χ0v) is 21.5. The highest BCUT2D eigenvalue weighted by molar-refractivity contribution is 5.97. The highest BCUT2D eigenvalue weighted by Gasteiger charge is 2.26. The van der Waals surface area contributed by atoms with Crippen molar-refractivity contribution in [2.75, 3.05) is 36.9 Å². The zero-order valence-electron chi connectivity index (χ0n) is 21.5. The van der Waals surface area contributed by atoms with Gasteiger partial charge in [0.1, 0.15) is 5.82 Å². The van der Waals surface area contributed by atoms with E-state index < -0.39 is 23.1 Å². The third kappa shape index (κ3) is 7.97. The van der Waals surface area contributed by atoms with E-state index in [0.29, 0.717) is 19.0 Å². The van der Waals surface area contributed by atoms with Gasteiger partial charge in [0, 0.05) is 32.6 Å². The minimum Gasteiger partial charge on any atom is -0.456 e. The number of aromatic amines is 1. The maximum Gasteiger partial charge on any atom is 0.330 e. The number of aromatic nitrogens is 2. The Bertz CT molecular complexity index is 1020. The van der Waals surface area contributed by atoms with Crippen LogP contribution in [0.25, 0.3) is 0 Å². The molecule has 0 aromatic carbocycles. The molecule has 1 aromatic rings. The minimum atomic E-state index is -0.759. The van der Waals surface area contributed by atoms with E-state index in [1.54, 1.807) is 4.90 Å². The van der Waals surface area contributed by atoms with Gasteiger partial charge in [0.2, 0.25) is 5.91 Å². The molecule has 35 heavy (non-hydrogen) atoms. The van der Waals surface area contributed by atoms with Crippen LogP contribution in [0.5, 0.6) is 0 Å². The quantitative estimate of drug-likeness (QED) is 0.467. The standard InChI is InChI=1S/C24H39N5O6/c1-15(2)12-28(21-22(25)29(13-16(3)4)24(34)26-23(21)33)18(30)6-7-20(32)35-14-19(31)27-10-8-17(5)9-11-27/h15-17H,6-14,25H2,1-5H3,(H,26,33,34). The summed E-state index contributed by atoms with van der Waals surface area (Å²) in [6.45, 7) is 11.1. The molecule has 196 valence electrons. The molecule has 11 nitrogen and oxygen atoms in total. The van der Waals surface area contributed by atoms with E-state index in [-0.39, 0.29) is 61.8 Å². The predicted molar refractivity (Wildman–Crippen MR) is 133 cm³/mol. The summed E-state index contributed by atoms with van der Waals surface area (Å²) in [4.78, 5) is 67.6. The van der Waals surface area contributed by atoms with E-state index in [1.807, 2.05) is 27.7 Å². The van der Waals surface area contributed by atoms with Crippen molar-refractivity contribution >= 4 is 29.3 Å². The molecule has 2 rings (SSSR count). The van der Waals surface area contributed by atoms with E-state index in [1.165, 1.54) is 9.47 Å². The Morgan fingerprint density at radius 3 is 2.29 bits per heavy atom. The number of hydrogen-bond donors (Lipinski definition) is 2. The fourth-order valence-corrected chi connectivity index (χ4v) is 3.98. The molecule has 1 aromatic heterocycles. The second-order valence-electron chi connectivity index (χ2n) is 10.1. The summed E-state index contributed by atoms with van der Waals surface area (Å²) in [5.74, 6) is -0.872. The van der Waals surface area contributed by atoms with Gasteiger partial charge in [0.15, 0.2) is 12.3 Å². The normalized spacial score (nSPS) is 14.4. The van der Waals surface area contributed by atoms with Crippen LogP contribution in [0.2, 0.25) is 0 Å². The van der Waals surface area contributed by atoms with Gasteiger partial charge in [-0.2, -0.15) is 0 Å². The number of nitrogens with one attached hydrogen (secondary N) is 1. The summed E-state index contributed by atoms with van der Waals surface area (Å²) >= 11 is 0. The molecule has 1 aliphatic heterocycles. The summed E-state index contributed by atoms with van der Waals surface area (Å²) in [7, 11) is 0. The highest BCUT2D eigenvalue weighted by atomic mass is 16.5. The number of nitrogen functional groups attached to an aromatic ring is 1. The van der Waals surface area contributed by atoms with Crippen molar-refractivity contribution in [3.63, 3.8) is 0 Å². The van der Waals surface area contributed by atoms with Crippen molar-refractivity contribution in [2.24, 2.45) is 17.8 Å². The first-order chi connectivity index (χ1) is 16.4. The maximum atomic E-state index is 13.1. The number of anilines is 2. The van der Waals surface area contributed by atoms with E-state index in [2.05, 4.69) is 11.9 Å². The van der Waals surface area contributed by atoms with Gasteiger partial charge in [-0.15, -0.1) is 0 Å². The lowest BCUT2D eigenvalue weighted by Crippen LogP contribution is -2.43. The van der Waals surface area contributed by atoms with Gasteiger partial charge in [-0.1, -0.05) is 34.6 Å². The van der Waals surface area contributed by atoms with Crippen LogP contribution in [0.4, 0.5) is 11.5 Å². The molecule has 1 fully saturated rings. The topological polar surface area (TPSA) is 148 Å². The molecule has 1 saturated heterocycles. The number of ether oxygens (including phenoxy) is 1. The van der Waals surface area contributed by atoms with Crippen molar-refractivity contribution in [1.82, 2.24) is 14.5 Å². The third-order valence-electron chi connectivity index (χ3n) is 5.92. The fourth-order valence-electron chi connectivity index (χ4n) is 3.98. The summed E-state index contributed by atoms with van der Waals surface area (Å²) in [5.41, 5.74) is 4.68. The average Bonchev–Trinajstić information content (AvgIpc) is 2.77. The van der Waals surface area contributed by atoms with Gasteiger partial charge in [0.25, 0.3) is 11.5 Å². The average molecular weight is 494 g/mol. The van der Waals surface area contributed by atoms with Crippen LogP contribution < -0.4 is 21.9 Å². The number of rotatable bonds is 10. The number of nitrogens with zero attached hydrogens (tertiary/aromatic N) is 3. The Balaban J connectivity index is 2.07. The predicted octanol–water partition coefficient (Wildman–Crippen LogP) is 1.35. The molecular weight excluding hydrogens is 454 g/mol. The zero-order chi connectivity index (χ0) is 26.3. The molecule has 1 aliphatic rings. The Kier molecular flexibility index (Phi) is 10.1. The summed E-state index contributed by atoms with van der Waals surface area (Å²) in [6, 6.07) is 0. The molecular formula is C24H39N5O6. The van der Waals surface area contributed by atoms with Crippen LogP contribution in [0.1, 0.15) is 60.3 Å². The Morgan fingerprint density at radius 1 is 1.09 bits per heavy atom. The molecule has 0 saturated carbocycles. The van der Waals surface area contributed by atoms with E-state index in [0.717, 1.165) is 12.8 Å². The second-order valence-corrected chi connectivity index (χ2v) is 10.1. The molecule has 2 heterocycles. The second kappa shape index (κ2) is 12.6. The van der Waals surface area contributed by atoms with Gasteiger partial charge in [-0.3, -0.25) is 28.7 Å². The molecule has 0 unspecified atom stereocenters. The van der Waals surface area contributed by atoms with Crippen LogP contribution in [0.3, 0.4) is 0 Å². The number of hydrogen-bond acceptors (Lipinski definition) is 7. The van der Waals surface area contributed by atoms with Gasteiger partial charge in [-0.05, 0) is 30.6 Å². The first-order valence-corrected chi connectivity index (χ1v) is 12.3. The number of likely N-dealkylation sites (tertiary alicyclic amines) is 1. The minimum absolute atomic E-state index is 0.0138. The van der Waals surface area contributed by atoms with Gasteiger partial charge in [0.05, 0.1) is 6.42 Å². The SMILES string of the molecule is CC(C)CN(C(=O)CCC(=O)OCC(=O)N1CCC(C)CC1)c1c(N)n(CC(C)C)c(=O)[nH]c1=O. The van der Waals surface area contributed by atoms with Crippen LogP contribution >= 0.6 is 0 Å². The number of nitrogens with two attached hydrogens (primary N) is 1. The van der Waals surface area contributed by atoms with Crippen LogP contribution in [-0.2, 0) is 25.7 Å². The van der Waals surface area contributed by atoms with Crippen LogP contribution in [-0.4, -0.2) is 58.5 Å². The largest absolute Gasteiger partial charge is 0.456 e. The van der Waals surface area contributed by atoms with E-state index in [9.17, 15) is 24.0 Å². The monoisotopic (exact) mass is 493 g/mol. The lowest BCUT2D eigenvalue weighted by atomic mass is 9.99. The van der Waals surface area contributed by atoms with Crippen LogP contribution in [0, 0.1) is 17.8 Å². The first-order valence-electron chi connectivity index (χ1n) is 12.3. The molecule has 0 aliphatic carbocycles. The Morgan fingerprint density at radius 2 is 1.71 bits per heavy atom. The van der Waals surface area contributed by atoms with Crippen molar-refractivity contribution in [2.45, 2.75) is 66.8 Å². The number of carbonyl (C=O) groups is 3. The third-order valence-corrected chi connectivity index (χ3v) is 5.92. The summed E-state index contributed by atoms with van der Waals surface area (Å²) in [5, 5.41) is 0. The number of piperidine rings is 1. The number of esters is 1. The maximum absolute atomic E-state index is 13.1. The summed E-state index contributed by atoms with van der Waals surface area (Å²) < 4.78 is 6.33. The van der Waals surface area contributed by atoms with Gasteiger partial charge in [-0.25, -0.2) is 4.79 Å². The van der Waals surface area contributed by atoms with Crippen LogP contribution in [0.15, 0.2) is 9.59 Å².